The number of hydrogen-bond acceptors (Lipinski definition) is 6. The predicted octanol–water partition coefficient (Wildman–Crippen LogP) is -2.96. The van der Waals surface area contributed by atoms with Crippen molar-refractivity contribution >= 4 is 17.3 Å². The monoisotopic (exact) mass is 176 g/mol. The Morgan fingerprint density at radius 1 is 1.17 bits per heavy atom. The molecule has 0 aromatic heterocycles. The third kappa shape index (κ3) is 2.50. The van der Waals surface area contributed by atoms with Gasteiger partial charge in [-0.25, -0.2) is 0 Å². The highest BCUT2D eigenvalue weighted by Gasteiger charge is 2.27. The summed E-state index contributed by atoms with van der Waals surface area (Å²) in [6.07, 6.45) is -1.88. The molecule has 0 unspecified atom stereocenters. The molecule has 0 saturated heterocycles. The number of Topliss-reactive ketones (excluding diaryl/α,β-unsaturated/α-hetero) is 3. The van der Waals surface area contributed by atoms with Crippen LogP contribution in [0.4, 0.5) is 0 Å². The van der Waals surface area contributed by atoms with Crippen LogP contribution in [0.2, 0.25) is 0 Å². The van der Waals surface area contributed by atoms with Gasteiger partial charge in [0.05, 0.1) is 6.61 Å². The average Bonchev–Trinajstić information content (AvgIpc) is 2.12. The number of rotatable bonds is 5. The third-order valence-electron chi connectivity index (χ3n) is 1.10. The molecular weight excluding hydrogens is 168 g/mol. The fourth-order valence-electron chi connectivity index (χ4n) is 0.443. The normalized spacial score (nSPS) is 12.2. The van der Waals surface area contributed by atoms with E-state index >= 15 is 0 Å². The molecule has 6 nitrogen and oxygen atoms in total. The Morgan fingerprint density at radius 2 is 1.67 bits per heavy atom. The fourth-order valence-corrected chi connectivity index (χ4v) is 0.443. The molecule has 0 fully saturated rings. The highest BCUT2D eigenvalue weighted by atomic mass is 16.3. The molecule has 0 rings (SSSR count). The minimum absolute atomic E-state index is 0.927. The standard InChI is InChI=1S/C6H8O6/c7-1-3(9)5(11)6(12)4(10)2-8/h3,7-9H,1-2H2/t3-/m0/s1. The summed E-state index contributed by atoms with van der Waals surface area (Å²) in [6.45, 7) is -2.01. The van der Waals surface area contributed by atoms with Crippen molar-refractivity contribution in [3.8, 4) is 0 Å². The van der Waals surface area contributed by atoms with Crippen molar-refractivity contribution in [1.82, 2.24) is 0 Å². The maximum atomic E-state index is 10.6. The Balaban J connectivity index is 4.30. The van der Waals surface area contributed by atoms with Crippen molar-refractivity contribution in [3.05, 3.63) is 0 Å². The number of carbonyl (C=O) groups is 3. The van der Waals surface area contributed by atoms with Crippen molar-refractivity contribution in [2.75, 3.05) is 13.2 Å². The molecule has 0 saturated carbocycles. The number of aliphatic hydroxyl groups excluding tert-OH is 3. The van der Waals surface area contributed by atoms with Gasteiger partial charge in [-0.1, -0.05) is 0 Å². The molecule has 0 aromatic carbocycles. The summed E-state index contributed by atoms with van der Waals surface area (Å²) in [5.74, 6) is -4.21. The first-order valence-corrected chi connectivity index (χ1v) is 3.05. The van der Waals surface area contributed by atoms with Gasteiger partial charge in [0, 0.05) is 0 Å². The molecule has 68 valence electrons. The van der Waals surface area contributed by atoms with E-state index in [-0.39, 0.29) is 0 Å². The minimum atomic E-state index is -1.88. The fraction of sp³-hybridized carbons (Fsp3) is 0.500. The van der Waals surface area contributed by atoms with Crippen molar-refractivity contribution < 1.29 is 29.7 Å². The molecule has 0 bridgehead atoms. The molecule has 0 aliphatic carbocycles. The van der Waals surface area contributed by atoms with E-state index < -0.39 is 36.7 Å². The van der Waals surface area contributed by atoms with Crippen LogP contribution in [0.15, 0.2) is 0 Å². The van der Waals surface area contributed by atoms with Gasteiger partial charge in [-0.15, -0.1) is 0 Å². The molecule has 1 atom stereocenters. The zero-order valence-electron chi connectivity index (χ0n) is 6.06. The molecule has 0 aliphatic heterocycles. The van der Waals surface area contributed by atoms with Gasteiger partial charge in [0.15, 0.2) is 0 Å². The Labute approximate surface area is 67.4 Å². The first kappa shape index (κ1) is 10.9. The molecule has 12 heavy (non-hydrogen) atoms. The quantitative estimate of drug-likeness (QED) is 0.305. The van der Waals surface area contributed by atoms with Crippen LogP contribution < -0.4 is 0 Å². The number of aliphatic hydroxyl groups is 3. The smallest absolute Gasteiger partial charge is 0.269 e. The van der Waals surface area contributed by atoms with E-state index in [1.165, 1.54) is 0 Å². The summed E-state index contributed by atoms with van der Waals surface area (Å²) in [4.78, 5) is 31.5. The molecule has 0 heterocycles. The van der Waals surface area contributed by atoms with E-state index in [4.69, 9.17) is 15.3 Å². The summed E-state index contributed by atoms with van der Waals surface area (Å²) < 4.78 is 0. The Hall–Kier alpha value is -1.11. The van der Waals surface area contributed by atoms with Crippen LogP contribution in [0, 0.1) is 0 Å². The van der Waals surface area contributed by atoms with Crippen LogP contribution in [0.5, 0.6) is 0 Å². The lowest BCUT2D eigenvalue weighted by atomic mass is 10.1. The van der Waals surface area contributed by atoms with E-state index in [2.05, 4.69) is 0 Å². The van der Waals surface area contributed by atoms with Crippen LogP contribution in [0.3, 0.4) is 0 Å². The summed E-state index contributed by atoms with van der Waals surface area (Å²) in [5.41, 5.74) is 0. The Morgan fingerprint density at radius 3 is 2.00 bits per heavy atom. The van der Waals surface area contributed by atoms with Crippen LogP contribution in [0.25, 0.3) is 0 Å². The van der Waals surface area contributed by atoms with Crippen LogP contribution in [0.1, 0.15) is 0 Å². The molecular formula is C6H8O6. The van der Waals surface area contributed by atoms with Crippen LogP contribution in [-0.2, 0) is 14.4 Å². The Kier molecular flexibility index (Phi) is 4.27. The third-order valence-corrected chi connectivity index (χ3v) is 1.10. The zero-order chi connectivity index (χ0) is 9.72. The lowest BCUT2D eigenvalue weighted by molar-refractivity contribution is -0.149. The predicted molar refractivity (Wildman–Crippen MR) is 35.2 cm³/mol. The van der Waals surface area contributed by atoms with E-state index in [0.717, 1.165) is 0 Å². The van der Waals surface area contributed by atoms with Gasteiger partial charge in [0.2, 0.25) is 11.6 Å². The zero-order valence-corrected chi connectivity index (χ0v) is 6.06. The summed E-state index contributed by atoms with van der Waals surface area (Å²) in [6, 6.07) is 0. The summed E-state index contributed by atoms with van der Waals surface area (Å²) in [7, 11) is 0. The first-order valence-electron chi connectivity index (χ1n) is 3.05. The maximum Gasteiger partial charge on any atom is 0.269 e. The largest absolute Gasteiger partial charge is 0.393 e. The second-order valence-electron chi connectivity index (χ2n) is 1.97. The number of ketones is 3. The van der Waals surface area contributed by atoms with Gasteiger partial charge in [0.25, 0.3) is 5.78 Å². The lowest BCUT2D eigenvalue weighted by Crippen LogP contribution is -2.36. The van der Waals surface area contributed by atoms with Crippen molar-refractivity contribution in [3.63, 3.8) is 0 Å². The van der Waals surface area contributed by atoms with E-state index in [1.807, 2.05) is 0 Å². The van der Waals surface area contributed by atoms with Crippen molar-refractivity contribution in [2.45, 2.75) is 6.10 Å². The summed E-state index contributed by atoms with van der Waals surface area (Å²) in [5, 5.41) is 24.9. The van der Waals surface area contributed by atoms with Crippen LogP contribution in [-0.4, -0.2) is 52.0 Å². The SMILES string of the molecule is O=C(CO)C(=O)C(=O)[C@@H](O)CO. The highest BCUT2D eigenvalue weighted by molar-refractivity contribution is 6.64. The topological polar surface area (TPSA) is 112 Å². The van der Waals surface area contributed by atoms with Crippen molar-refractivity contribution in [2.24, 2.45) is 0 Å². The van der Waals surface area contributed by atoms with Gasteiger partial charge in [-0.2, -0.15) is 0 Å². The van der Waals surface area contributed by atoms with Gasteiger partial charge in [0.1, 0.15) is 12.7 Å². The van der Waals surface area contributed by atoms with Gasteiger partial charge in [-0.05, 0) is 0 Å². The molecule has 0 aromatic rings. The molecule has 0 amide bonds. The van der Waals surface area contributed by atoms with E-state index in [9.17, 15) is 14.4 Å². The molecule has 6 heteroatoms. The van der Waals surface area contributed by atoms with E-state index in [0.29, 0.717) is 0 Å². The molecule has 0 radical (unpaired) electrons. The summed E-state index contributed by atoms with van der Waals surface area (Å²) >= 11 is 0. The minimum Gasteiger partial charge on any atom is -0.393 e. The van der Waals surface area contributed by atoms with Crippen LogP contribution >= 0.6 is 0 Å². The number of hydrogen-bond donors (Lipinski definition) is 3. The highest BCUT2D eigenvalue weighted by Crippen LogP contribution is 1.88. The second kappa shape index (κ2) is 4.70. The molecule has 0 spiro atoms. The first-order chi connectivity index (χ1) is 5.54. The molecule has 3 N–H and O–H groups in total. The Bertz CT molecular complexity index is 208. The van der Waals surface area contributed by atoms with Gasteiger partial charge < -0.3 is 15.3 Å². The number of carbonyl (C=O) groups excluding carboxylic acids is 3. The lowest BCUT2D eigenvalue weighted by Gasteiger charge is -2.02. The maximum absolute atomic E-state index is 10.6. The second-order valence-corrected chi connectivity index (χ2v) is 1.97. The molecule has 0 aliphatic rings. The van der Waals surface area contributed by atoms with Crippen molar-refractivity contribution in [1.29, 1.82) is 0 Å². The van der Waals surface area contributed by atoms with Gasteiger partial charge in [-0.3, -0.25) is 14.4 Å². The average molecular weight is 176 g/mol. The van der Waals surface area contributed by atoms with E-state index in [1.54, 1.807) is 0 Å². The van der Waals surface area contributed by atoms with Gasteiger partial charge >= 0.3 is 0 Å².